The average Bonchev–Trinajstić information content (AvgIpc) is 2.52. The van der Waals surface area contributed by atoms with Crippen LogP contribution in [0.3, 0.4) is 0 Å². The van der Waals surface area contributed by atoms with Crippen LogP contribution in [-0.2, 0) is 14.6 Å². The minimum atomic E-state index is -5.54. The molecule has 1 amide bonds. The van der Waals surface area contributed by atoms with Crippen LogP contribution in [0.15, 0.2) is 29.2 Å². The van der Waals surface area contributed by atoms with E-state index in [1.807, 2.05) is 0 Å². The van der Waals surface area contributed by atoms with Gasteiger partial charge in [-0.15, -0.1) is 0 Å². The smallest absolute Gasteiger partial charge is 0.482 e. The number of benzene rings is 1. The quantitative estimate of drug-likeness (QED) is 0.681. The Morgan fingerprint density at radius 1 is 1.17 bits per heavy atom. The van der Waals surface area contributed by atoms with E-state index in [0.29, 0.717) is 6.54 Å². The first-order valence-electron chi connectivity index (χ1n) is 7.50. The van der Waals surface area contributed by atoms with Crippen molar-refractivity contribution >= 4 is 15.7 Å². The number of halogens is 3. The lowest BCUT2D eigenvalue weighted by Gasteiger charge is -2.13. The van der Waals surface area contributed by atoms with Gasteiger partial charge in [0, 0.05) is 6.54 Å². The Morgan fingerprint density at radius 3 is 2.46 bits per heavy atom. The molecular formula is C15H20F3NO4S. The Kier molecular flexibility index (Phi) is 7.53. The molecule has 0 spiro atoms. The van der Waals surface area contributed by atoms with Crippen molar-refractivity contribution in [1.82, 2.24) is 5.32 Å². The fourth-order valence-corrected chi connectivity index (χ4v) is 2.79. The molecule has 1 N–H and O–H groups in total. The maximum Gasteiger partial charge on any atom is 0.502 e. The van der Waals surface area contributed by atoms with E-state index in [9.17, 15) is 26.4 Å². The number of carbonyl (C=O) groups is 1. The summed E-state index contributed by atoms with van der Waals surface area (Å²) >= 11 is 0. The standard InChI is InChI=1S/C15H20F3NO4S/c1-2-3-4-7-10-19-14(20)11-23-12-8-5-6-9-13(12)24(21,22)15(16,17)18/h5-6,8-9H,2-4,7,10-11H2,1H3,(H,19,20). The van der Waals surface area contributed by atoms with E-state index in [2.05, 4.69) is 12.2 Å². The molecule has 0 saturated carbocycles. The van der Waals surface area contributed by atoms with Gasteiger partial charge in [-0.25, -0.2) is 8.42 Å². The number of nitrogens with one attached hydrogen (secondary N) is 1. The van der Waals surface area contributed by atoms with Crippen molar-refractivity contribution in [2.45, 2.75) is 43.0 Å². The molecule has 0 unspecified atom stereocenters. The topological polar surface area (TPSA) is 72.5 Å². The zero-order valence-corrected chi connectivity index (χ0v) is 14.0. The van der Waals surface area contributed by atoms with Gasteiger partial charge in [0.25, 0.3) is 15.7 Å². The highest BCUT2D eigenvalue weighted by atomic mass is 32.2. The molecule has 1 aromatic carbocycles. The molecule has 5 nitrogen and oxygen atoms in total. The van der Waals surface area contributed by atoms with Gasteiger partial charge in [0.05, 0.1) is 0 Å². The van der Waals surface area contributed by atoms with Gasteiger partial charge in [0.15, 0.2) is 6.61 Å². The summed E-state index contributed by atoms with van der Waals surface area (Å²) in [6.07, 6.45) is 3.86. The first-order chi connectivity index (χ1) is 11.2. The summed E-state index contributed by atoms with van der Waals surface area (Å²) in [4.78, 5) is 10.6. The molecule has 0 bridgehead atoms. The average molecular weight is 367 g/mol. The minimum absolute atomic E-state index is 0.435. The number of para-hydroxylation sites is 1. The van der Waals surface area contributed by atoms with Gasteiger partial charge >= 0.3 is 5.51 Å². The summed E-state index contributed by atoms with van der Waals surface area (Å²) < 4.78 is 65.9. The summed E-state index contributed by atoms with van der Waals surface area (Å²) in [5, 5.41) is 2.56. The Bertz CT molecular complexity index is 644. The monoisotopic (exact) mass is 367 g/mol. The lowest BCUT2D eigenvalue weighted by atomic mass is 10.2. The predicted octanol–water partition coefficient (Wildman–Crippen LogP) is 3.06. The van der Waals surface area contributed by atoms with E-state index in [0.717, 1.165) is 43.9 Å². The number of amides is 1. The molecule has 0 aliphatic heterocycles. The van der Waals surface area contributed by atoms with Crippen LogP contribution >= 0.6 is 0 Å². The number of unbranched alkanes of at least 4 members (excludes halogenated alkanes) is 3. The minimum Gasteiger partial charge on any atom is -0.482 e. The van der Waals surface area contributed by atoms with E-state index in [-0.39, 0.29) is 0 Å². The number of hydrogen-bond acceptors (Lipinski definition) is 4. The fraction of sp³-hybridized carbons (Fsp3) is 0.533. The second-order valence-corrected chi connectivity index (χ2v) is 7.00. The zero-order valence-electron chi connectivity index (χ0n) is 13.2. The largest absolute Gasteiger partial charge is 0.502 e. The Hall–Kier alpha value is -1.77. The molecule has 9 heteroatoms. The van der Waals surface area contributed by atoms with Crippen molar-refractivity contribution in [3.05, 3.63) is 24.3 Å². The number of alkyl halides is 3. The molecule has 24 heavy (non-hydrogen) atoms. The van der Waals surface area contributed by atoms with Crippen LogP contribution in [0.4, 0.5) is 13.2 Å². The maximum atomic E-state index is 12.6. The van der Waals surface area contributed by atoms with Crippen molar-refractivity contribution in [2.75, 3.05) is 13.2 Å². The van der Waals surface area contributed by atoms with Crippen molar-refractivity contribution in [3.8, 4) is 5.75 Å². The predicted molar refractivity (Wildman–Crippen MR) is 82.3 cm³/mol. The van der Waals surface area contributed by atoms with E-state index in [1.165, 1.54) is 6.07 Å². The molecule has 1 aromatic rings. The first-order valence-corrected chi connectivity index (χ1v) is 8.98. The highest BCUT2D eigenvalue weighted by molar-refractivity contribution is 7.92. The third-order valence-electron chi connectivity index (χ3n) is 3.15. The SMILES string of the molecule is CCCCCCNC(=O)COc1ccccc1S(=O)(=O)C(F)(F)F. The Balaban J connectivity index is 2.66. The van der Waals surface area contributed by atoms with Gasteiger partial charge in [-0.05, 0) is 18.6 Å². The second kappa shape index (κ2) is 8.91. The molecule has 0 aromatic heterocycles. The van der Waals surface area contributed by atoms with Crippen molar-refractivity contribution < 1.29 is 31.1 Å². The molecule has 0 aliphatic rings. The highest BCUT2D eigenvalue weighted by Gasteiger charge is 2.48. The van der Waals surface area contributed by atoms with Crippen LogP contribution in [0.25, 0.3) is 0 Å². The van der Waals surface area contributed by atoms with Crippen LogP contribution < -0.4 is 10.1 Å². The van der Waals surface area contributed by atoms with Crippen LogP contribution in [-0.4, -0.2) is 33.0 Å². The van der Waals surface area contributed by atoms with Crippen molar-refractivity contribution in [1.29, 1.82) is 0 Å². The van der Waals surface area contributed by atoms with Crippen LogP contribution in [0, 0.1) is 0 Å². The molecule has 0 heterocycles. The molecule has 1 rings (SSSR count). The maximum absolute atomic E-state index is 12.6. The van der Waals surface area contributed by atoms with Gasteiger partial charge in [-0.3, -0.25) is 4.79 Å². The van der Waals surface area contributed by atoms with Gasteiger partial charge in [-0.1, -0.05) is 38.3 Å². The lowest BCUT2D eigenvalue weighted by Crippen LogP contribution is -2.30. The van der Waals surface area contributed by atoms with E-state index >= 15 is 0 Å². The molecule has 0 aliphatic carbocycles. The Morgan fingerprint density at radius 2 is 1.83 bits per heavy atom. The van der Waals surface area contributed by atoms with E-state index < -0.39 is 38.5 Å². The van der Waals surface area contributed by atoms with Gasteiger partial charge in [0.1, 0.15) is 10.6 Å². The van der Waals surface area contributed by atoms with Gasteiger partial charge in [-0.2, -0.15) is 13.2 Å². The highest BCUT2D eigenvalue weighted by Crippen LogP contribution is 2.35. The Labute approximate surface area is 139 Å². The normalized spacial score (nSPS) is 12.0. The molecule has 0 radical (unpaired) electrons. The second-order valence-electron chi connectivity index (χ2n) is 5.10. The van der Waals surface area contributed by atoms with Crippen molar-refractivity contribution in [3.63, 3.8) is 0 Å². The van der Waals surface area contributed by atoms with E-state index in [1.54, 1.807) is 0 Å². The summed E-state index contributed by atoms with van der Waals surface area (Å²) in [7, 11) is -5.54. The lowest BCUT2D eigenvalue weighted by molar-refractivity contribution is -0.123. The van der Waals surface area contributed by atoms with E-state index in [4.69, 9.17) is 4.74 Å². The number of ether oxygens (including phenoxy) is 1. The molecule has 0 fully saturated rings. The third-order valence-corrected chi connectivity index (χ3v) is 4.68. The van der Waals surface area contributed by atoms with Crippen molar-refractivity contribution in [2.24, 2.45) is 0 Å². The van der Waals surface area contributed by atoms with Gasteiger partial charge in [0.2, 0.25) is 0 Å². The zero-order chi connectivity index (χ0) is 18.2. The summed E-state index contributed by atoms with van der Waals surface area (Å²) in [5.41, 5.74) is -5.44. The number of carbonyl (C=O) groups excluding carboxylic acids is 1. The van der Waals surface area contributed by atoms with Gasteiger partial charge < -0.3 is 10.1 Å². The molecule has 0 atom stereocenters. The molecule has 0 saturated heterocycles. The summed E-state index contributed by atoms with van der Waals surface area (Å²) in [5.74, 6) is -1.03. The first kappa shape index (κ1) is 20.3. The molecular weight excluding hydrogens is 347 g/mol. The number of sulfone groups is 1. The third kappa shape index (κ3) is 5.70. The summed E-state index contributed by atoms with van der Waals surface area (Å²) in [6.45, 7) is 1.93. The molecule has 136 valence electrons. The number of hydrogen-bond donors (Lipinski definition) is 1. The summed E-state index contributed by atoms with van der Waals surface area (Å²) in [6, 6.07) is 4.35. The number of rotatable bonds is 9. The van der Waals surface area contributed by atoms with Crippen LogP contribution in [0.1, 0.15) is 32.6 Å². The van der Waals surface area contributed by atoms with Crippen LogP contribution in [0.2, 0.25) is 0 Å². The fourth-order valence-electron chi connectivity index (χ4n) is 1.89. The van der Waals surface area contributed by atoms with Crippen LogP contribution in [0.5, 0.6) is 5.75 Å².